The number of phenolic OH excluding ortho intramolecular Hbond substituents is 1. The van der Waals surface area contributed by atoms with Crippen molar-refractivity contribution in [1.29, 1.82) is 0 Å². The number of carbonyl (C=O) groups is 1. The highest BCUT2D eigenvalue weighted by Gasteiger charge is 2.39. The third-order valence-corrected chi connectivity index (χ3v) is 3.80. The zero-order valence-electron chi connectivity index (χ0n) is 11.7. The zero-order valence-corrected chi connectivity index (χ0v) is 11.7. The summed E-state index contributed by atoms with van der Waals surface area (Å²) in [4.78, 5) is 14.2. The van der Waals surface area contributed by atoms with Crippen molar-refractivity contribution in [1.82, 2.24) is 4.90 Å². The molecule has 0 radical (unpaired) electrons. The predicted octanol–water partition coefficient (Wildman–Crippen LogP) is 2.08. The lowest BCUT2D eigenvalue weighted by molar-refractivity contribution is 0.000220. The highest BCUT2D eigenvalue weighted by molar-refractivity contribution is 5.97. The molecule has 19 heavy (non-hydrogen) atoms. The van der Waals surface area contributed by atoms with Gasteiger partial charge in [-0.25, -0.2) is 0 Å². The van der Waals surface area contributed by atoms with E-state index in [9.17, 15) is 15.0 Å². The maximum atomic E-state index is 12.5. The molecule has 4 nitrogen and oxygen atoms in total. The first kappa shape index (κ1) is 13.9. The number of aromatic hydroxyl groups is 1. The quantitative estimate of drug-likeness (QED) is 0.858. The minimum Gasteiger partial charge on any atom is -0.507 e. The van der Waals surface area contributed by atoms with Gasteiger partial charge in [-0.2, -0.15) is 0 Å². The van der Waals surface area contributed by atoms with E-state index in [1.807, 2.05) is 0 Å². The van der Waals surface area contributed by atoms with Crippen LogP contribution in [0.1, 0.15) is 42.6 Å². The molecule has 0 spiro atoms. The highest BCUT2D eigenvalue weighted by Crippen LogP contribution is 2.31. The smallest absolute Gasteiger partial charge is 0.257 e. The number of amides is 1. The van der Waals surface area contributed by atoms with Gasteiger partial charge < -0.3 is 15.1 Å². The zero-order chi connectivity index (χ0) is 14.2. The Morgan fingerprint density at radius 1 is 1.42 bits per heavy atom. The largest absolute Gasteiger partial charge is 0.507 e. The SMILES string of the molecule is Cc1cccc(C(=O)N2CCCC2C(C)(C)O)c1O. The Kier molecular flexibility index (Phi) is 3.54. The predicted molar refractivity (Wildman–Crippen MR) is 73.2 cm³/mol. The minimum atomic E-state index is -0.925. The van der Waals surface area contributed by atoms with Crippen molar-refractivity contribution in [3.63, 3.8) is 0 Å². The Morgan fingerprint density at radius 3 is 2.74 bits per heavy atom. The Balaban J connectivity index is 2.31. The molecule has 1 heterocycles. The molecule has 0 aromatic heterocycles. The van der Waals surface area contributed by atoms with Crippen LogP contribution in [-0.4, -0.2) is 39.2 Å². The van der Waals surface area contributed by atoms with Gasteiger partial charge in [0.1, 0.15) is 5.75 Å². The number of para-hydroxylation sites is 1. The van der Waals surface area contributed by atoms with Crippen LogP contribution in [0.2, 0.25) is 0 Å². The number of hydrogen-bond acceptors (Lipinski definition) is 3. The number of rotatable bonds is 2. The fourth-order valence-corrected chi connectivity index (χ4v) is 2.73. The molecule has 1 aliphatic rings. The Hall–Kier alpha value is -1.55. The van der Waals surface area contributed by atoms with Gasteiger partial charge in [0.15, 0.2) is 0 Å². The first-order valence-electron chi connectivity index (χ1n) is 6.64. The molecule has 1 aromatic rings. The summed E-state index contributed by atoms with van der Waals surface area (Å²) in [5.74, 6) is -0.167. The van der Waals surface area contributed by atoms with Gasteiger partial charge >= 0.3 is 0 Å². The third kappa shape index (κ3) is 2.59. The van der Waals surface area contributed by atoms with Crippen LogP contribution in [-0.2, 0) is 0 Å². The van der Waals surface area contributed by atoms with Gasteiger partial charge in [-0.05, 0) is 45.2 Å². The molecule has 0 bridgehead atoms. The molecule has 0 aliphatic carbocycles. The highest BCUT2D eigenvalue weighted by atomic mass is 16.3. The molecular formula is C15H21NO3. The molecular weight excluding hydrogens is 242 g/mol. The number of nitrogens with zero attached hydrogens (tertiary/aromatic N) is 1. The van der Waals surface area contributed by atoms with E-state index in [0.717, 1.165) is 12.8 Å². The second kappa shape index (κ2) is 4.85. The van der Waals surface area contributed by atoms with Crippen LogP contribution in [0.4, 0.5) is 0 Å². The Bertz CT molecular complexity index is 491. The van der Waals surface area contributed by atoms with E-state index in [-0.39, 0.29) is 17.7 Å². The summed E-state index contributed by atoms with van der Waals surface area (Å²) in [6, 6.07) is 4.96. The minimum absolute atomic E-state index is 0.0360. The summed E-state index contributed by atoms with van der Waals surface area (Å²) in [6.07, 6.45) is 1.68. The molecule has 1 saturated heterocycles. The average molecular weight is 263 g/mol. The van der Waals surface area contributed by atoms with Crippen molar-refractivity contribution in [2.75, 3.05) is 6.54 Å². The van der Waals surface area contributed by atoms with E-state index < -0.39 is 5.60 Å². The molecule has 4 heteroatoms. The first-order valence-corrected chi connectivity index (χ1v) is 6.64. The third-order valence-electron chi connectivity index (χ3n) is 3.80. The Morgan fingerprint density at radius 2 is 2.11 bits per heavy atom. The molecule has 104 valence electrons. The molecule has 2 N–H and O–H groups in total. The van der Waals surface area contributed by atoms with Crippen molar-refractivity contribution in [3.8, 4) is 5.75 Å². The van der Waals surface area contributed by atoms with E-state index in [1.165, 1.54) is 0 Å². The van der Waals surface area contributed by atoms with Gasteiger partial charge in [-0.15, -0.1) is 0 Å². The first-order chi connectivity index (χ1) is 8.82. The van der Waals surface area contributed by atoms with Crippen molar-refractivity contribution in [3.05, 3.63) is 29.3 Å². The van der Waals surface area contributed by atoms with Gasteiger partial charge in [0.25, 0.3) is 5.91 Å². The standard InChI is InChI=1S/C15H21NO3/c1-10-6-4-7-11(13(10)17)14(18)16-9-5-8-12(16)15(2,3)19/h4,6-7,12,17,19H,5,8-9H2,1-3H3. The van der Waals surface area contributed by atoms with Crippen molar-refractivity contribution in [2.24, 2.45) is 0 Å². The summed E-state index contributed by atoms with van der Waals surface area (Å²) in [5, 5.41) is 20.2. The van der Waals surface area contributed by atoms with Crippen LogP contribution < -0.4 is 0 Å². The van der Waals surface area contributed by atoms with Crippen molar-refractivity contribution < 1.29 is 15.0 Å². The second-order valence-electron chi connectivity index (χ2n) is 5.78. The maximum Gasteiger partial charge on any atom is 0.257 e. The lowest BCUT2D eigenvalue weighted by Crippen LogP contribution is -2.48. The fraction of sp³-hybridized carbons (Fsp3) is 0.533. The summed E-state index contributed by atoms with van der Waals surface area (Å²) in [7, 11) is 0. The van der Waals surface area contributed by atoms with Crippen molar-refractivity contribution in [2.45, 2.75) is 45.3 Å². The van der Waals surface area contributed by atoms with E-state index in [2.05, 4.69) is 0 Å². The molecule has 1 aromatic carbocycles. The second-order valence-corrected chi connectivity index (χ2v) is 5.78. The van der Waals surface area contributed by atoms with Gasteiger partial charge in [0, 0.05) is 6.54 Å². The number of likely N-dealkylation sites (tertiary alicyclic amines) is 1. The van der Waals surface area contributed by atoms with E-state index in [4.69, 9.17) is 0 Å². The van der Waals surface area contributed by atoms with Crippen LogP contribution in [0, 0.1) is 6.92 Å². The number of phenols is 1. The topological polar surface area (TPSA) is 60.8 Å². The van der Waals surface area contributed by atoms with E-state index in [0.29, 0.717) is 17.7 Å². The summed E-state index contributed by atoms with van der Waals surface area (Å²) in [5.41, 5.74) is 0.0759. The van der Waals surface area contributed by atoms with Gasteiger partial charge in [-0.1, -0.05) is 12.1 Å². The number of benzene rings is 1. The normalized spacial score (nSPS) is 19.8. The van der Waals surface area contributed by atoms with Crippen LogP contribution in [0.25, 0.3) is 0 Å². The summed E-state index contributed by atoms with van der Waals surface area (Å²) < 4.78 is 0. The van der Waals surface area contributed by atoms with E-state index >= 15 is 0 Å². The lowest BCUT2D eigenvalue weighted by atomic mass is 9.96. The molecule has 1 atom stereocenters. The van der Waals surface area contributed by atoms with Gasteiger partial charge in [0.2, 0.25) is 0 Å². The molecule has 1 fully saturated rings. The molecule has 1 unspecified atom stereocenters. The number of hydrogen-bond donors (Lipinski definition) is 2. The summed E-state index contributed by atoms with van der Waals surface area (Å²) >= 11 is 0. The van der Waals surface area contributed by atoms with Crippen LogP contribution in [0.15, 0.2) is 18.2 Å². The number of carbonyl (C=O) groups excluding carboxylic acids is 1. The van der Waals surface area contributed by atoms with E-state index in [1.54, 1.807) is 43.9 Å². The fourth-order valence-electron chi connectivity index (χ4n) is 2.73. The van der Waals surface area contributed by atoms with Crippen LogP contribution >= 0.6 is 0 Å². The number of aryl methyl sites for hydroxylation is 1. The average Bonchev–Trinajstić information content (AvgIpc) is 2.80. The number of aliphatic hydroxyl groups is 1. The van der Waals surface area contributed by atoms with Gasteiger partial charge in [0.05, 0.1) is 17.2 Å². The lowest BCUT2D eigenvalue weighted by Gasteiger charge is -2.34. The van der Waals surface area contributed by atoms with Crippen LogP contribution in [0.5, 0.6) is 5.75 Å². The molecule has 0 saturated carbocycles. The summed E-state index contributed by atoms with van der Waals surface area (Å²) in [6.45, 7) is 5.84. The van der Waals surface area contributed by atoms with Crippen molar-refractivity contribution >= 4 is 5.91 Å². The Labute approximate surface area is 113 Å². The molecule has 1 aliphatic heterocycles. The monoisotopic (exact) mass is 263 g/mol. The maximum absolute atomic E-state index is 12.5. The van der Waals surface area contributed by atoms with Crippen LogP contribution in [0.3, 0.4) is 0 Å². The molecule has 1 amide bonds. The van der Waals surface area contributed by atoms with Gasteiger partial charge in [-0.3, -0.25) is 4.79 Å². The molecule has 2 rings (SSSR count).